The van der Waals surface area contributed by atoms with Gasteiger partial charge < -0.3 is 10.3 Å². The Balaban J connectivity index is 2.28. The number of ketones is 1. The molecule has 1 aromatic carbocycles. The van der Waals surface area contributed by atoms with E-state index in [4.69, 9.17) is 0 Å². The second-order valence-electron chi connectivity index (χ2n) is 3.14. The Morgan fingerprint density at radius 1 is 1.40 bits per heavy atom. The van der Waals surface area contributed by atoms with Crippen LogP contribution in [0.25, 0.3) is 11.0 Å². The molecule has 0 aliphatic rings. The number of H-pyrrole nitrogens is 1. The molecule has 0 saturated carbocycles. The summed E-state index contributed by atoms with van der Waals surface area (Å²) in [5.74, 6) is -1.13. The van der Waals surface area contributed by atoms with Crippen molar-refractivity contribution in [3.63, 3.8) is 0 Å². The molecule has 0 atom stereocenters. The van der Waals surface area contributed by atoms with Crippen molar-refractivity contribution in [3.8, 4) is 0 Å². The molecule has 0 bridgehead atoms. The summed E-state index contributed by atoms with van der Waals surface area (Å²) in [6.07, 6.45) is 1.57. The van der Waals surface area contributed by atoms with Crippen LogP contribution in [0.5, 0.6) is 0 Å². The number of aromatic nitrogens is 2. The fraction of sp³-hybridized carbons (Fsp3) is 0.100. The van der Waals surface area contributed by atoms with E-state index in [0.717, 1.165) is 11.0 Å². The van der Waals surface area contributed by atoms with Gasteiger partial charge in [-0.3, -0.25) is 9.59 Å². The molecule has 1 heterocycles. The van der Waals surface area contributed by atoms with E-state index in [2.05, 4.69) is 15.3 Å². The van der Waals surface area contributed by atoms with E-state index in [1.54, 1.807) is 24.5 Å². The zero-order chi connectivity index (χ0) is 10.8. The first-order valence-corrected chi connectivity index (χ1v) is 4.42. The van der Waals surface area contributed by atoms with Crippen LogP contribution in [-0.2, 0) is 9.59 Å². The lowest BCUT2D eigenvalue weighted by Crippen LogP contribution is -2.19. The van der Waals surface area contributed by atoms with Gasteiger partial charge in [0.05, 0.1) is 17.4 Å². The number of imidazole rings is 1. The molecule has 0 unspecified atom stereocenters. The van der Waals surface area contributed by atoms with Gasteiger partial charge in [0.15, 0.2) is 0 Å². The Kier molecular flexibility index (Phi) is 2.21. The Morgan fingerprint density at radius 2 is 2.20 bits per heavy atom. The van der Waals surface area contributed by atoms with Gasteiger partial charge in [-0.2, -0.15) is 0 Å². The van der Waals surface area contributed by atoms with E-state index in [1.165, 1.54) is 6.92 Å². The number of rotatable bonds is 2. The standard InChI is InChI=1S/C10H9N3O2/c1-6(14)10(15)13-7-2-3-8-9(4-7)12-5-11-8/h2-5H,1H3,(H,11,12)(H,13,15). The number of amides is 1. The maximum atomic E-state index is 11.1. The van der Waals surface area contributed by atoms with Crippen molar-refractivity contribution >= 4 is 28.4 Å². The monoisotopic (exact) mass is 203 g/mol. The van der Waals surface area contributed by atoms with E-state index >= 15 is 0 Å². The third kappa shape index (κ3) is 1.85. The van der Waals surface area contributed by atoms with Crippen LogP contribution in [0.4, 0.5) is 5.69 Å². The van der Waals surface area contributed by atoms with E-state index in [9.17, 15) is 9.59 Å². The molecule has 2 N–H and O–H groups in total. The van der Waals surface area contributed by atoms with Gasteiger partial charge in [-0.1, -0.05) is 0 Å². The summed E-state index contributed by atoms with van der Waals surface area (Å²) in [6.45, 7) is 1.23. The van der Waals surface area contributed by atoms with Crippen molar-refractivity contribution in [1.29, 1.82) is 0 Å². The van der Waals surface area contributed by atoms with Crippen molar-refractivity contribution < 1.29 is 9.59 Å². The highest BCUT2D eigenvalue weighted by Crippen LogP contribution is 2.15. The van der Waals surface area contributed by atoms with Gasteiger partial charge in [0, 0.05) is 12.6 Å². The summed E-state index contributed by atoms with van der Waals surface area (Å²) in [7, 11) is 0. The Morgan fingerprint density at radius 3 is 2.93 bits per heavy atom. The highest BCUT2D eigenvalue weighted by molar-refractivity contribution is 6.39. The van der Waals surface area contributed by atoms with Crippen molar-refractivity contribution in [3.05, 3.63) is 24.5 Å². The third-order valence-corrected chi connectivity index (χ3v) is 2.00. The number of Topliss-reactive ketones (excluding diaryl/α,β-unsaturated/α-hetero) is 1. The van der Waals surface area contributed by atoms with Crippen LogP contribution in [0.2, 0.25) is 0 Å². The lowest BCUT2D eigenvalue weighted by atomic mass is 10.2. The Labute approximate surface area is 85.5 Å². The molecule has 5 heteroatoms. The topological polar surface area (TPSA) is 74.8 Å². The average molecular weight is 203 g/mol. The molecule has 0 radical (unpaired) electrons. The van der Waals surface area contributed by atoms with Gasteiger partial charge in [0.2, 0.25) is 5.78 Å². The molecule has 0 aliphatic carbocycles. The largest absolute Gasteiger partial charge is 0.345 e. The van der Waals surface area contributed by atoms with Crippen LogP contribution in [0.1, 0.15) is 6.92 Å². The smallest absolute Gasteiger partial charge is 0.291 e. The summed E-state index contributed by atoms with van der Waals surface area (Å²) in [4.78, 5) is 28.8. The molecule has 2 aromatic rings. The summed E-state index contributed by atoms with van der Waals surface area (Å²) < 4.78 is 0. The molecular formula is C10H9N3O2. The zero-order valence-electron chi connectivity index (χ0n) is 8.07. The summed E-state index contributed by atoms with van der Waals surface area (Å²) in [5, 5.41) is 2.49. The van der Waals surface area contributed by atoms with Crippen LogP contribution in [0.3, 0.4) is 0 Å². The molecular weight excluding hydrogens is 194 g/mol. The van der Waals surface area contributed by atoms with Crippen LogP contribution >= 0.6 is 0 Å². The molecule has 0 aliphatic heterocycles. The molecule has 5 nitrogen and oxygen atoms in total. The predicted molar refractivity (Wildman–Crippen MR) is 55.4 cm³/mol. The molecule has 1 amide bonds. The second-order valence-corrected chi connectivity index (χ2v) is 3.14. The lowest BCUT2D eigenvalue weighted by Gasteiger charge is -2.01. The summed E-state index contributed by atoms with van der Waals surface area (Å²) in [5.41, 5.74) is 2.21. The lowest BCUT2D eigenvalue weighted by molar-refractivity contribution is -0.133. The van der Waals surface area contributed by atoms with Gasteiger partial charge in [-0.25, -0.2) is 4.98 Å². The number of anilines is 1. The number of hydrogen-bond donors (Lipinski definition) is 2. The Bertz CT molecular complexity index is 530. The number of nitrogens with one attached hydrogen (secondary N) is 2. The number of aromatic amines is 1. The van der Waals surface area contributed by atoms with Crippen LogP contribution in [-0.4, -0.2) is 21.7 Å². The molecule has 15 heavy (non-hydrogen) atoms. The highest BCUT2D eigenvalue weighted by atomic mass is 16.2. The highest BCUT2D eigenvalue weighted by Gasteiger charge is 2.07. The summed E-state index contributed by atoms with van der Waals surface area (Å²) >= 11 is 0. The molecule has 1 aromatic heterocycles. The predicted octanol–water partition coefficient (Wildman–Crippen LogP) is 1.09. The van der Waals surface area contributed by atoms with Crippen LogP contribution in [0, 0.1) is 0 Å². The maximum absolute atomic E-state index is 11.1. The van der Waals surface area contributed by atoms with Gasteiger partial charge in [-0.15, -0.1) is 0 Å². The number of hydrogen-bond acceptors (Lipinski definition) is 3. The van der Waals surface area contributed by atoms with Crippen molar-refractivity contribution in [2.24, 2.45) is 0 Å². The van der Waals surface area contributed by atoms with E-state index in [-0.39, 0.29) is 0 Å². The first kappa shape index (κ1) is 9.39. The molecule has 76 valence electrons. The quantitative estimate of drug-likeness (QED) is 0.717. The van der Waals surface area contributed by atoms with Crippen LogP contribution in [0.15, 0.2) is 24.5 Å². The minimum atomic E-state index is -0.617. The number of carbonyl (C=O) groups is 2. The first-order valence-electron chi connectivity index (χ1n) is 4.42. The van der Waals surface area contributed by atoms with Crippen molar-refractivity contribution in [1.82, 2.24) is 9.97 Å². The fourth-order valence-electron chi connectivity index (χ4n) is 1.23. The van der Waals surface area contributed by atoms with Crippen molar-refractivity contribution in [2.75, 3.05) is 5.32 Å². The number of fused-ring (bicyclic) bond motifs is 1. The zero-order valence-corrected chi connectivity index (χ0v) is 8.07. The SMILES string of the molecule is CC(=O)C(=O)Nc1ccc2nc[nH]c2c1. The first-order chi connectivity index (χ1) is 7.16. The van der Waals surface area contributed by atoms with Crippen LogP contribution < -0.4 is 5.32 Å². The summed E-state index contributed by atoms with van der Waals surface area (Å²) in [6, 6.07) is 5.19. The third-order valence-electron chi connectivity index (χ3n) is 2.00. The molecule has 0 saturated heterocycles. The van der Waals surface area contributed by atoms with Gasteiger partial charge in [0.1, 0.15) is 0 Å². The van der Waals surface area contributed by atoms with E-state index in [1.807, 2.05) is 0 Å². The average Bonchev–Trinajstić information content (AvgIpc) is 2.64. The van der Waals surface area contributed by atoms with Gasteiger partial charge in [0.25, 0.3) is 5.91 Å². The molecule has 0 fully saturated rings. The normalized spacial score (nSPS) is 10.2. The second kappa shape index (κ2) is 3.53. The van der Waals surface area contributed by atoms with Crippen molar-refractivity contribution in [2.45, 2.75) is 6.92 Å². The Hall–Kier alpha value is -2.17. The minimum absolute atomic E-state index is 0.514. The molecule has 2 rings (SSSR count). The fourth-order valence-corrected chi connectivity index (χ4v) is 1.23. The van der Waals surface area contributed by atoms with Gasteiger partial charge in [-0.05, 0) is 18.2 Å². The molecule has 0 spiro atoms. The van der Waals surface area contributed by atoms with E-state index in [0.29, 0.717) is 5.69 Å². The maximum Gasteiger partial charge on any atom is 0.291 e. The number of benzene rings is 1. The number of nitrogens with zero attached hydrogens (tertiary/aromatic N) is 1. The number of carbonyl (C=O) groups excluding carboxylic acids is 2. The van der Waals surface area contributed by atoms with E-state index < -0.39 is 11.7 Å². The van der Waals surface area contributed by atoms with Gasteiger partial charge >= 0.3 is 0 Å². The minimum Gasteiger partial charge on any atom is -0.345 e.